The number of benzene rings is 1. The summed E-state index contributed by atoms with van der Waals surface area (Å²) in [6, 6.07) is 5.66. The molecular formula is C14H23FN2. The van der Waals surface area contributed by atoms with E-state index in [0.717, 1.165) is 24.1 Å². The van der Waals surface area contributed by atoms with Crippen molar-refractivity contribution < 1.29 is 4.39 Å². The second kappa shape index (κ2) is 6.60. The average molecular weight is 238 g/mol. The predicted molar refractivity (Wildman–Crippen MR) is 71.9 cm³/mol. The highest BCUT2D eigenvalue weighted by molar-refractivity contribution is 5.54. The van der Waals surface area contributed by atoms with Gasteiger partial charge in [-0.3, -0.25) is 0 Å². The number of nitrogens with zero attached hydrogens (tertiary/aromatic N) is 1. The zero-order chi connectivity index (χ0) is 12.8. The van der Waals surface area contributed by atoms with Crippen LogP contribution in [0.2, 0.25) is 0 Å². The minimum absolute atomic E-state index is 0.150. The molecular weight excluding hydrogens is 215 g/mol. The monoisotopic (exact) mass is 238 g/mol. The van der Waals surface area contributed by atoms with Crippen LogP contribution in [0.25, 0.3) is 0 Å². The van der Waals surface area contributed by atoms with Crippen molar-refractivity contribution in [2.24, 2.45) is 5.73 Å². The van der Waals surface area contributed by atoms with Crippen LogP contribution in [0.5, 0.6) is 0 Å². The Labute approximate surface area is 104 Å². The van der Waals surface area contributed by atoms with E-state index in [1.807, 2.05) is 13.1 Å². The van der Waals surface area contributed by atoms with E-state index < -0.39 is 0 Å². The Balaban J connectivity index is 2.99. The number of nitrogens with two attached hydrogens (primary N) is 1. The average Bonchev–Trinajstić information content (AvgIpc) is 2.31. The first-order valence-corrected chi connectivity index (χ1v) is 6.32. The molecule has 0 saturated carbocycles. The van der Waals surface area contributed by atoms with E-state index >= 15 is 0 Å². The topological polar surface area (TPSA) is 29.3 Å². The van der Waals surface area contributed by atoms with E-state index in [0.29, 0.717) is 19.0 Å². The lowest BCUT2D eigenvalue weighted by Crippen LogP contribution is -2.30. The minimum Gasteiger partial charge on any atom is -0.372 e. The number of halogens is 1. The molecule has 0 radical (unpaired) electrons. The van der Waals surface area contributed by atoms with Crippen LogP contribution in [0, 0.1) is 5.82 Å². The van der Waals surface area contributed by atoms with Gasteiger partial charge in [-0.1, -0.05) is 19.4 Å². The molecule has 2 nitrogen and oxygen atoms in total. The number of hydrogen-bond acceptors (Lipinski definition) is 2. The molecule has 3 heteroatoms. The van der Waals surface area contributed by atoms with E-state index in [1.165, 1.54) is 6.07 Å². The van der Waals surface area contributed by atoms with Gasteiger partial charge in [0.2, 0.25) is 0 Å². The molecule has 17 heavy (non-hydrogen) atoms. The zero-order valence-corrected chi connectivity index (χ0v) is 11.0. The van der Waals surface area contributed by atoms with Gasteiger partial charge in [-0.05, 0) is 38.4 Å². The SMILES string of the molecule is CCCC(C)N(C)c1cccc(F)c1CCN. The van der Waals surface area contributed by atoms with Crippen molar-refractivity contribution in [3.63, 3.8) is 0 Å². The number of rotatable bonds is 6. The molecule has 2 N–H and O–H groups in total. The van der Waals surface area contributed by atoms with Crippen molar-refractivity contribution in [1.29, 1.82) is 0 Å². The van der Waals surface area contributed by atoms with E-state index in [1.54, 1.807) is 6.07 Å². The molecule has 0 bridgehead atoms. The van der Waals surface area contributed by atoms with Crippen LogP contribution < -0.4 is 10.6 Å². The lowest BCUT2D eigenvalue weighted by atomic mass is 10.1. The molecule has 0 amide bonds. The maximum atomic E-state index is 13.8. The van der Waals surface area contributed by atoms with Crippen molar-refractivity contribution in [3.05, 3.63) is 29.6 Å². The van der Waals surface area contributed by atoms with Crippen LogP contribution in [-0.4, -0.2) is 19.6 Å². The fraction of sp³-hybridized carbons (Fsp3) is 0.571. The summed E-state index contributed by atoms with van der Waals surface area (Å²) in [6.45, 7) is 4.81. The maximum absolute atomic E-state index is 13.8. The molecule has 0 aromatic heterocycles. The van der Waals surface area contributed by atoms with Crippen LogP contribution >= 0.6 is 0 Å². The molecule has 0 spiro atoms. The van der Waals surface area contributed by atoms with Crippen LogP contribution in [-0.2, 0) is 6.42 Å². The van der Waals surface area contributed by atoms with Gasteiger partial charge in [0.25, 0.3) is 0 Å². The van der Waals surface area contributed by atoms with Crippen LogP contribution in [0.4, 0.5) is 10.1 Å². The summed E-state index contributed by atoms with van der Waals surface area (Å²) in [6.07, 6.45) is 2.83. The summed E-state index contributed by atoms with van der Waals surface area (Å²) >= 11 is 0. The molecule has 1 aromatic carbocycles. The first-order valence-electron chi connectivity index (χ1n) is 6.32. The van der Waals surface area contributed by atoms with Crippen molar-refractivity contribution in [2.75, 3.05) is 18.5 Å². The highest BCUT2D eigenvalue weighted by atomic mass is 19.1. The Morgan fingerprint density at radius 2 is 2.12 bits per heavy atom. The van der Waals surface area contributed by atoms with Crippen LogP contribution in [0.1, 0.15) is 32.3 Å². The molecule has 0 aliphatic rings. The van der Waals surface area contributed by atoms with Gasteiger partial charge in [-0.25, -0.2) is 4.39 Å². The van der Waals surface area contributed by atoms with E-state index in [9.17, 15) is 4.39 Å². The summed E-state index contributed by atoms with van der Waals surface area (Å²) in [7, 11) is 2.02. The van der Waals surface area contributed by atoms with E-state index in [-0.39, 0.29) is 5.82 Å². The Bertz CT molecular complexity index is 352. The van der Waals surface area contributed by atoms with Gasteiger partial charge in [0.15, 0.2) is 0 Å². The molecule has 1 atom stereocenters. The summed E-state index contributed by atoms with van der Waals surface area (Å²) in [5, 5.41) is 0. The Kier molecular flexibility index (Phi) is 5.42. The molecule has 0 aliphatic heterocycles. The predicted octanol–water partition coefficient (Wildman–Crippen LogP) is 2.95. The molecule has 0 fully saturated rings. The normalized spacial score (nSPS) is 12.5. The summed E-state index contributed by atoms with van der Waals surface area (Å²) in [5.41, 5.74) is 7.25. The molecule has 0 saturated heterocycles. The summed E-state index contributed by atoms with van der Waals surface area (Å²) < 4.78 is 13.8. The van der Waals surface area contributed by atoms with Crippen molar-refractivity contribution >= 4 is 5.69 Å². The minimum atomic E-state index is -0.150. The van der Waals surface area contributed by atoms with Gasteiger partial charge in [-0.15, -0.1) is 0 Å². The maximum Gasteiger partial charge on any atom is 0.128 e. The van der Waals surface area contributed by atoms with Gasteiger partial charge in [0.05, 0.1) is 0 Å². The Hall–Kier alpha value is -1.09. The second-order valence-corrected chi connectivity index (χ2v) is 4.52. The molecule has 1 rings (SSSR count). The standard InChI is InChI=1S/C14H23FN2/c1-4-6-11(2)17(3)14-8-5-7-13(15)12(14)9-10-16/h5,7-8,11H,4,6,9-10,16H2,1-3H3. The van der Waals surface area contributed by atoms with Crippen molar-refractivity contribution in [1.82, 2.24) is 0 Å². The number of anilines is 1. The zero-order valence-electron chi connectivity index (χ0n) is 11.0. The van der Waals surface area contributed by atoms with Gasteiger partial charge < -0.3 is 10.6 Å². The third-order valence-corrected chi connectivity index (χ3v) is 3.24. The third-order valence-electron chi connectivity index (χ3n) is 3.24. The highest BCUT2D eigenvalue weighted by Crippen LogP contribution is 2.25. The lowest BCUT2D eigenvalue weighted by molar-refractivity contribution is 0.593. The molecule has 0 aliphatic carbocycles. The van der Waals surface area contributed by atoms with Crippen molar-refractivity contribution in [3.8, 4) is 0 Å². The van der Waals surface area contributed by atoms with E-state index in [2.05, 4.69) is 18.7 Å². The van der Waals surface area contributed by atoms with Crippen LogP contribution in [0.15, 0.2) is 18.2 Å². The largest absolute Gasteiger partial charge is 0.372 e. The van der Waals surface area contributed by atoms with Crippen molar-refractivity contribution in [2.45, 2.75) is 39.2 Å². The third kappa shape index (κ3) is 3.43. The Morgan fingerprint density at radius 1 is 1.41 bits per heavy atom. The van der Waals surface area contributed by atoms with Gasteiger partial charge in [-0.2, -0.15) is 0 Å². The quantitative estimate of drug-likeness (QED) is 0.825. The Morgan fingerprint density at radius 3 is 2.71 bits per heavy atom. The van der Waals surface area contributed by atoms with E-state index in [4.69, 9.17) is 5.73 Å². The molecule has 96 valence electrons. The fourth-order valence-corrected chi connectivity index (χ4v) is 2.12. The van der Waals surface area contributed by atoms with Gasteiger partial charge in [0, 0.05) is 24.3 Å². The molecule has 1 aromatic rings. The second-order valence-electron chi connectivity index (χ2n) is 4.52. The first kappa shape index (κ1) is 14.0. The molecule has 1 unspecified atom stereocenters. The summed E-state index contributed by atoms with van der Waals surface area (Å²) in [4.78, 5) is 2.15. The fourth-order valence-electron chi connectivity index (χ4n) is 2.12. The smallest absolute Gasteiger partial charge is 0.128 e. The summed E-state index contributed by atoms with van der Waals surface area (Å²) in [5.74, 6) is -0.150. The first-order chi connectivity index (χ1) is 8.11. The molecule has 0 heterocycles. The van der Waals surface area contributed by atoms with Crippen LogP contribution in [0.3, 0.4) is 0 Å². The van der Waals surface area contributed by atoms with Gasteiger partial charge in [0.1, 0.15) is 5.82 Å². The highest BCUT2D eigenvalue weighted by Gasteiger charge is 2.15. The van der Waals surface area contributed by atoms with Gasteiger partial charge >= 0.3 is 0 Å². The lowest BCUT2D eigenvalue weighted by Gasteiger charge is -2.29. The number of hydrogen-bond donors (Lipinski definition) is 1.